The molecule has 0 aromatic heterocycles. The monoisotopic (exact) mass is 132 g/mol. The van der Waals surface area contributed by atoms with Crippen LogP contribution in [0.5, 0.6) is 0 Å². The number of carbonyl (C=O) groups excluding carboxylic acids is 1. The number of nitrogens with zero attached hydrogens (tertiary/aromatic N) is 1. The van der Waals surface area contributed by atoms with Gasteiger partial charge in [0.15, 0.2) is 0 Å². The van der Waals surface area contributed by atoms with Crippen LogP contribution < -0.4 is 5.32 Å². The highest BCUT2D eigenvalue weighted by molar-refractivity contribution is 6.62. The second-order valence-electron chi connectivity index (χ2n) is 1.40. The molecule has 1 N–H and O–H groups in total. The Labute approximate surface area is 51.9 Å². The largest absolute Gasteiger partial charge is 0.372 e. The van der Waals surface area contributed by atoms with E-state index >= 15 is 0 Å². The summed E-state index contributed by atoms with van der Waals surface area (Å²) in [7, 11) is 0. The molecule has 0 unspecified atom stereocenters. The van der Waals surface area contributed by atoms with E-state index in [9.17, 15) is 4.79 Å². The van der Waals surface area contributed by atoms with E-state index in [1.807, 2.05) is 0 Å². The van der Waals surface area contributed by atoms with Gasteiger partial charge in [0.25, 0.3) is 0 Å². The van der Waals surface area contributed by atoms with Gasteiger partial charge in [0, 0.05) is 12.4 Å². The molecule has 0 aromatic rings. The summed E-state index contributed by atoms with van der Waals surface area (Å²) in [6, 6.07) is 0. The number of nitrogens with one attached hydrogen (secondary N) is 1. The fourth-order valence-electron chi connectivity index (χ4n) is 0.467. The molecular weight excluding hydrogens is 128 g/mol. The van der Waals surface area contributed by atoms with E-state index < -0.39 is 5.37 Å². The van der Waals surface area contributed by atoms with Crippen LogP contribution in [0.25, 0.3) is 0 Å². The zero-order valence-corrected chi connectivity index (χ0v) is 4.85. The lowest BCUT2D eigenvalue weighted by Crippen LogP contribution is -2.22. The molecule has 1 rings (SSSR count). The SMILES string of the molecule is O=C(Cl)N1C=CNC1. The fraction of sp³-hybridized carbons (Fsp3) is 0.250. The minimum atomic E-state index is -0.453. The topological polar surface area (TPSA) is 32.3 Å². The highest BCUT2D eigenvalue weighted by Crippen LogP contribution is 1.98. The van der Waals surface area contributed by atoms with Gasteiger partial charge in [-0.1, -0.05) is 0 Å². The Hall–Kier alpha value is -0.700. The van der Waals surface area contributed by atoms with Gasteiger partial charge in [-0.25, -0.2) is 0 Å². The van der Waals surface area contributed by atoms with Gasteiger partial charge < -0.3 is 5.32 Å². The molecular formula is C4H5ClN2O. The van der Waals surface area contributed by atoms with Crippen LogP contribution in [0, 0.1) is 0 Å². The molecule has 0 saturated heterocycles. The van der Waals surface area contributed by atoms with Crippen molar-refractivity contribution in [3.63, 3.8) is 0 Å². The molecule has 8 heavy (non-hydrogen) atoms. The molecule has 1 heterocycles. The van der Waals surface area contributed by atoms with Gasteiger partial charge in [0.1, 0.15) is 0 Å². The third-order valence-corrected chi connectivity index (χ3v) is 1.08. The quantitative estimate of drug-likeness (QED) is 0.388. The first-order valence-electron chi connectivity index (χ1n) is 2.17. The predicted octanol–water partition coefficient (Wildman–Crippen LogP) is 0.679. The first-order valence-corrected chi connectivity index (χ1v) is 2.54. The molecule has 44 valence electrons. The highest BCUT2D eigenvalue weighted by atomic mass is 35.5. The van der Waals surface area contributed by atoms with Crippen molar-refractivity contribution in [2.24, 2.45) is 0 Å². The van der Waals surface area contributed by atoms with E-state index in [1.54, 1.807) is 12.4 Å². The standard InChI is InChI=1S/C4H5ClN2O/c5-4(8)7-2-1-6-3-7/h1-2,6H,3H2. The van der Waals surface area contributed by atoms with Gasteiger partial charge >= 0.3 is 5.37 Å². The maximum atomic E-state index is 10.2. The van der Waals surface area contributed by atoms with Crippen LogP contribution in [0.1, 0.15) is 0 Å². The van der Waals surface area contributed by atoms with Gasteiger partial charge in [-0.2, -0.15) is 0 Å². The second kappa shape index (κ2) is 2.05. The molecule has 1 aliphatic heterocycles. The van der Waals surface area contributed by atoms with Crippen molar-refractivity contribution in [3.8, 4) is 0 Å². The Morgan fingerprint density at radius 2 is 2.62 bits per heavy atom. The number of amides is 1. The summed E-state index contributed by atoms with van der Waals surface area (Å²) in [6.45, 7) is 0.488. The number of hydrogen-bond acceptors (Lipinski definition) is 2. The summed E-state index contributed by atoms with van der Waals surface area (Å²) in [5, 5.41) is 2.34. The Morgan fingerprint density at radius 3 is 2.88 bits per heavy atom. The third-order valence-electron chi connectivity index (χ3n) is 0.860. The molecule has 0 atom stereocenters. The minimum Gasteiger partial charge on any atom is -0.372 e. The van der Waals surface area contributed by atoms with Gasteiger partial charge in [0.2, 0.25) is 0 Å². The van der Waals surface area contributed by atoms with Crippen LogP contribution in [0.4, 0.5) is 4.79 Å². The molecule has 3 nitrogen and oxygen atoms in total. The molecule has 0 saturated carbocycles. The first-order chi connectivity index (χ1) is 3.80. The van der Waals surface area contributed by atoms with Crippen molar-refractivity contribution >= 4 is 17.0 Å². The molecule has 0 aromatic carbocycles. The Kier molecular flexibility index (Phi) is 1.39. The molecule has 0 radical (unpaired) electrons. The van der Waals surface area contributed by atoms with Crippen molar-refractivity contribution in [1.82, 2.24) is 10.2 Å². The third kappa shape index (κ3) is 0.924. The van der Waals surface area contributed by atoms with E-state index in [-0.39, 0.29) is 0 Å². The first kappa shape index (κ1) is 5.44. The molecule has 0 aliphatic carbocycles. The number of carbonyl (C=O) groups is 1. The van der Waals surface area contributed by atoms with Crippen LogP contribution in [-0.4, -0.2) is 16.9 Å². The van der Waals surface area contributed by atoms with Crippen molar-refractivity contribution in [2.45, 2.75) is 0 Å². The van der Waals surface area contributed by atoms with E-state index in [2.05, 4.69) is 5.32 Å². The Balaban J connectivity index is 2.48. The average Bonchev–Trinajstić information content (AvgIpc) is 2.12. The van der Waals surface area contributed by atoms with Gasteiger partial charge in [-0.15, -0.1) is 0 Å². The van der Waals surface area contributed by atoms with Gasteiger partial charge in [-0.3, -0.25) is 9.69 Å². The summed E-state index contributed by atoms with van der Waals surface area (Å²) in [5.74, 6) is 0. The number of rotatable bonds is 0. The number of hydrogen-bond donors (Lipinski definition) is 1. The van der Waals surface area contributed by atoms with Crippen molar-refractivity contribution in [3.05, 3.63) is 12.4 Å². The van der Waals surface area contributed by atoms with Crippen molar-refractivity contribution < 1.29 is 4.79 Å². The lowest BCUT2D eigenvalue weighted by Gasteiger charge is -2.04. The van der Waals surface area contributed by atoms with E-state index in [4.69, 9.17) is 11.6 Å². The van der Waals surface area contributed by atoms with Crippen LogP contribution in [0.2, 0.25) is 0 Å². The second-order valence-corrected chi connectivity index (χ2v) is 1.72. The fourth-order valence-corrected chi connectivity index (χ4v) is 0.583. The molecule has 0 fully saturated rings. The maximum Gasteiger partial charge on any atom is 0.321 e. The molecule has 4 heteroatoms. The van der Waals surface area contributed by atoms with Crippen LogP contribution >= 0.6 is 11.6 Å². The summed E-state index contributed by atoms with van der Waals surface area (Å²) >= 11 is 5.08. The zero-order valence-electron chi connectivity index (χ0n) is 4.10. The van der Waals surface area contributed by atoms with Gasteiger partial charge in [0.05, 0.1) is 6.67 Å². The van der Waals surface area contributed by atoms with E-state index in [1.165, 1.54) is 4.90 Å². The number of halogens is 1. The summed E-state index contributed by atoms with van der Waals surface area (Å²) in [5.41, 5.74) is 0. The van der Waals surface area contributed by atoms with E-state index in [0.29, 0.717) is 6.67 Å². The zero-order chi connectivity index (χ0) is 5.98. The molecule has 1 amide bonds. The summed E-state index contributed by atoms with van der Waals surface area (Å²) < 4.78 is 0. The van der Waals surface area contributed by atoms with Gasteiger partial charge in [-0.05, 0) is 11.6 Å². The predicted molar refractivity (Wildman–Crippen MR) is 30.2 cm³/mol. The normalized spacial score (nSPS) is 16.4. The highest BCUT2D eigenvalue weighted by Gasteiger charge is 2.08. The van der Waals surface area contributed by atoms with Crippen LogP contribution in [0.15, 0.2) is 12.4 Å². The van der Waals surface area contributed by atoms with Crippen molar-refractivity contribution in [1.29, 1.82) is 0 Å². The Morgan fingerprint density at radius 1 is 1.88 bits per heavy atom. The minimum absolute atomic E-state index is 0.453. The lowest BCUT2D eigenvalue weighted by molar-refractivity contribution is 0.239. The van der Waals surface area contributed by atoms with Crippen molar-refractivity contribution in [2.75, 3.05) is 6.67 Å². The maximum absolute atomic E-state index is 10.2. The van der Waals surface area contributed by atoms with Crippen LogP contribution in [0.3, 0.4) is 0 Å². The molecule has 0 bridgehead atoms. The lowest BCUT2D eigenvalue weighted by atomic mass is 10.8. The average molecular weight is 133 g/mol. The summed E-state index contributed by atoms with van der Waals surface area (Å²) in [4.78, 5) is 11.6. The summed E-state index contributed by atoms with van der Waals surface area (Å²) in [6.07, 6.45) is 3.26. The molecule has 1 aliphatic rings. The van der Waals surface area contributed by atoms with E-state index in [0.717, 1.165) is 0 Å². The smallest absolute Gasteiger partial charge is 0.321 e. The molecule has 0 spiro atoms. The Bertz CT molecular complexity index is 134. The van der Waals surface area contributed by atoms with Crippen LogP contribution in [-0.2, 0) is 0 Å².